The molecule has 0 fully saturated rings. The number of anilines is 1. The molecule has 2 N–H and O–H groups in total. The molecule has 6 nitrogen and oxygen atoms in total. The Hall–Kier alpha value is -1.89. The lowest BCUT2D eigenvalue weighted by Gasteiger charge is -2.07. The number of benzene rings is 1. The zero-order chi connectivity index (χ0) is 14.0. The molecule has 2 aromatic rings. The van der Waals surface area contributed by atoms with E-state index in [0.717, 1.165) is 17.0 Å². The highest BCUT2D eigenvalue weighted by Gasteiger charge is 2.13. The van der Waals surface area contributed by atoms with Crippen LogP contribution in [0.3, 0.4) is 0 Å². The number of halogens is 1. The molecule has 1 aromatic carbocycles. The largest absolute Gasteiger partial charge is 0.381 e. The van der Waals surface area contributed by atoms with Crippen molar-refractivity contribution in [3.63, 3.8) is 0 Å². The Morgan fingerprint density at radius 3 is 2.79 bits per heavy atom. The van der Waals surface area contributed by atoms with Crippen molar-refractivity contribution in [3.8, 4) is 0 Å². The second kappa shape index (κ2) is 5.40. The molecule has 0 saturated heterocycles. The molecular weight excluding hydrogens is 312 g/mol. The SMILES string of the molecule is Cc1n[nH]c(C)c1CNc1ccc(Br)c([N+](=O)[O-])c1. The summed E-state index contributed by atoms with van der Waals surface area (Å²) < 4.78 is 0.471. The van der Waals surface area contributed by atoms with E-state index in [-0.39, 0.29) is 5.69 Å². The summed E-state index contributed by atoms with van der Waals surface area (Å²) in [5.41, 5.74) is 3.75. The molecule has 2 rings (SSSR count). The lowest BCUT2D eigenvalue weighted by Crippen LogP contribution is -2.02. The van der Waals surface area contributed by atoms with E-state index in [9.17, 15) is 10.1 Å². The number of aromatic amines is 1. The summed E-state index contributed by atoms with van der Waals surface area (Å²) in [5.74, 6) is 0. The Morgan fingerprint density at radius 2 is 2.21 bits per heavy atom. The van der Waals surface area contributed by atoms with Gasteiger partial charge in [0.05, 0.1) is 15.1 Å². The highest BCUT2D eigenvalue weighted by molar-refractivity contribution is 9.10. The van der Waals surface area contributed by atoms with Crippen molar-refractivity contribution < 1.29 is 4.92 Å². The number of hydrogen-bond acceptors (Lipinski definition) is 4. The fourth-order valence-corrected chi connectivity index (χ4v) is 2.18. The first kappa shape index (κ1) is 13.5. The normalized spacial score (nSPS) is 10.5. The summed E-state index contributed by atoms with van der Waals surface area (Å²) in [6, 6.07) is 4.96. The van der Waals surface area contributed by atoms with Gasteiger partial charge in [0, 0.05) is 29.6 Å². The molecular formula is C12H13BrN4O2. The number of rotatable bonds is 4. The zero-order valence-corrected chi connectivity index (χ0v) is 12.1. The molecule has 0 atom stereocenters. The van der Waals surface area contributed by atoms with Gasteiger partial charge in [-0.1, -0.05) is 0 Å². The van der Waals surface area contributed by atoms with Gasteiger partial charge >= 0.3 is 0 Å². The number of nitrogens with one attached hydrogen (secondary N) is 2. The van der Waals surface area contributed by atoms with Crippen molar-refractivity contribution in [1.29, 1.82) is 0 Å². The molecule has 0 unspecified atom stereocenters. The maximum absolute atomic E-state index is 10.8. The Balaban J connectivity index is 2.16. The van der Waals surface area contributed by atoms with Crippen molar-refractivity contribution in [2.45, 2.75) is 20.4 Å². The third kappa shape index (κ3) is 2.93. The van der Waals surface area contributed by atoms with Crippen LogP contribution in [0.2, 0.25) is 0 Å². The molecule has 0 spiro atoms. The molecule has 19 heavy (non-hydrogen) atoms. The molecule has 0 aliphatic rings. The maximum Gasteiger partial charge on any atom is 0.285 e. The number of H-pyrrole nitrogens is 1. The first-order chi connectivity index (χ1) is 8.99. The van der Waals surface area contributed by atoms with Crippen molar-refractivity contribution >= 4 is 27.3 Å². The second-order valence-electron chi connectivity index (χ2n) is 4.19. The predicted octanol–water partition coefficient (Wildman–Crippen LogP) is 3.31. The van der Waals surface area contributed by atoms with Gasteiger partial charge in [0.15, 0.2) is 0 Å². The van der Waals surface area contributed by atoms with E-state index in [0.29, 0.717) is 16.7 Å². The maximum atomic E-state index is 10.8. The van der Waals surface area contributed by atoms with Gasteiger partial charge < -0.3 is 5.32 Å². The standard InChI is InChI=1S/C12H13BrN4O2/c1-7-10(8(2)16-15-7)6-14-9-3-4-11(13)12(5-9)17(18)19/h3-5,14H,6H2,1-2H3,(H,15,16). The van der Waals surface area contributed by atoms with Gasteiger partial charge in [0.2, 0.25) is 0 Å². The van der Waals surface area contributed by atoms with E-state index in [1.54, 1.807) is 12.1 Å². The number of nitro benzene ring substituents is 1. The van der Waals surface area contributed by atoms with E-state index < -0.39 is 4.92 Å². The van der Waals surface area contributed by atoms with Gasteiger partial charge in [-0.05, 0) is 41.9 Å². The van der Waals surface area contributed by atoms with Crippen LogP contribution >= 0.6 is 15.9 Å². The molecule has 0 aliphatic heterocycles. The van der Waals surface area contributed by atoms with Crippen molar-refractivity contribution in [3.05, 3.63) is 49.7 Å². The van der Waals surface area contributed by atoms with Crippen molar-refractivity contribution in [2.24, 2.45) is 0 Å². The van der Waals surface area contributed by atoms with Gasteiger partial charge in [-0.15, -0.1) is 0 Å². The van der Waals surface area contributed by atoms with Crippen LogP contribution in [0.15, 0.2) is 22.7 Å². The number of hydrogen-bond donors (Lipinski definition) is 2. The van der Waals surface area contributed by atoms with Crippen LogP contribution in [0.25, 0.3) is 0 Å². The van der Waals surface area contributed by atoms with Crippen LogP contribution < -0.4 is 5.32 Å². The second-order valence-corrected chi connectivity index (χ2v) is 5.04. The van der Waals surface area contributed by atoms with E-state index >= 15 is 0 Å². The van der Waals surface area contributed by atoms with E-state index in [4.69, 9.17) is 0 Å². The average Bonchev–Trinajstić information content (AvgIpc) is 2.68. The lowest BCUT2D eigenvalue weighted by atomic mass is 10.2. The third-order valence-electron chi connectivity index (χ3n) is 2.89. The lowest BCUT2D eigenvalue weighted by molar-refractivity contribution is -0.385. The van der Waals surface area contributed by atoms with Crippen LogP contribution in [0.4, 0.5) is 11.4 Å². The molecule has 0 amide bonds. The van der Waals surface area contributed by atoms with E-state index in [2.05, 4.69) is 31.4 Å². The van der Waals surface area contributed by atoms with Crippen molar-refractivity contribution in [1.82, 2.24) is 10.2 Å². The fourth-order valence-electron chi connectivity index (χ4n) is 1.79. The monoisotopic (exact) mass is 324 g/mol. The highest BCUT2D eigenvalue weighted by atomic mass is 79.9. The Bertz CT molecular complexity index is 605. The van der Waals surface area contributed by atoms with Gasteiger partial charge in [-0.2, -0.15) is 5.10 Å². The van der Waals surface area contributed by atoms with Gasteiger partial charge in [0.25, 0.3) is 5.69 Å². The molecule has 7 heteroatoms. The number of aryl methyl sites for hydroxylation is 2. The van der Waals surface area contributed by atoms with E-state index in [1.165, 1.54) is 6.07 Å². The Labute approximate surface area is 118 Å². The van der Waals surface area contributed by atoms with Crippen LogP contribution in [-0.4, -0.2) is 15.1 Å². The third-order valence-corrected chi connectivity index (χ3v) is 3.56. The summed E-state index contributed by atoms with van der Waals surface area (Å²) in [5, 5.41) is 21.0. The number of aromatic nitrogens is 2. The average molecular weight is 325 g/mol. The Kier molecular flexibility index (Phi) is 3.84. The topological polar surface area (TPSA) is 83.8 Å². The number of nitrogens with zero attached hydrogens (tertiary/aromatic N) is 2. The minimum absolute atomic E-state index is 0.0469. The first-order valence-corrected chi connectivity index (χ1v) is 6.46. The minimum Gasteiger partial charge on any atom is -0.381 e. The summed E-state index contributed by atoms with van der Waals surface area (Å²) in [4.78, 5) is 10.4. The van der Waals surface area contributed by atoms with Crippen molar-refractivity contribution in [2.75, 3.05) is 5.32 Å². The minimum atomic E-state index is -0.413. The van der Waals surface area contributed by atoms with Crippen LogP contribution in [0.5, 0.6) is 0 Å². The molecule has 0 radical (unpaired) electrons. The molecule has 0 aliphatic carbocycles. The van der Waals surface area contributed by atoms with E-state index in [1.807, 2.05) is 13.8 Å². The van der Waals surface area contributed by atoms with Crippen LogP contribution in [-0.2, 0) is 6.54 Å². The quantitative estimate of drug-likeness (QED) is 0.667. The van der Waals surface area contributed by atoms with Crippen LogP contribution in [0, 0.1) is 24.0 Å². The van der Waals surface area contributed by atoms with Crippen LogP contribution in [0.1, 0.15) is 17.0 Å². The first-order valence-electron chi connectivity index (χ1n) is 5.67. The summed E-state index contributed by atoms with van der Waals surface area (Å²) in [7, 11) is 0. The van der Waals surface area contributed by atoms with Gasteiger partial charge in [0.1, 0.15) is 0 Å². The zero-order valence-electron chi connectivity index (χ0n) is 10.5. The number of nitro groups is 1. The molecule has 0 bridgehead atoms. The Morgan fingerprint density at radius 1 is 1.47 bits per heavy atom. The predicted molar refractivity (Wildman–Crippen MR) is 76.2 cm³/mol. The summed E-state index contributed by atoms with van der Waals surface area (Å²) in [6.07, 6.45) is 0. The molecule has 100 valence electrons. The summed E-state index contributed by atoms with van der Waals surface area (Å²) >= 11 is 3.16. The molecule has 0 saturated carbocycles. The van der Waals surface area contributed by atoms with Gasteiger partial charge in [-0.3, -0.25) is 15.2 Å². The molecule has 1 aromatic heterocycles. The van der Waals surface area contributed by atoms with Gasteiger partial charge in [-0.25, -0.2) is 0 Å². The fraction of sp³-hybridized carbons (Fsp3) is 0.250. The summed E-state index contributed by atoms with van der Waals surface area (Å²) in [6.45, 7) is 4.44. The highest BCUT2D eigenvalue weighted by Crippen LogP contribution is 2.28. The molecule has 1 heterocycles. The smallest absolute Gasteiger partial charge is 0.285 e.